The van der Waals surface area contributed by atoms with E-state index in [2.05, 4.69) is 24.3 Å². The predicted molar refractivity (Wildman–Crippen MR) is 104 cm³/mol. The van der Waals surface area contributed by atoms with Gasteiger partial charge in [-0.15, -0.1) is 0 Å². The molecule has 2 atom stereocenters. The van der Waals surface area contributed by atoms with Gasteiger partial charge in [0, 0.05) is 0 Å². The third-order valence-electron chi connectivity index (χ3n) is 4.45. The molecule has 6 heteroatoms. The van der Waals surface area contributed by atoms with E-state index in [1.54, 1.807) is 0 Å². The zero-order chi connectivity index (χ0) is 19.0. The number of epoxide rings is 2. The zero-order valence-corrected chi connectivity index (χ0v) is 15.9. The molecule has 4 rings (SSSR count). The van der Waals surface area contributed by atoms with E-state index in [0.29, 0.717) is 51.8 Å². The van der Waals surface area contributed by atoms with E-state index in [9.17, 15) is 0 Å². The fraction of sp³-hybridized carbons (Fsp3) is 0.455. The molecule has 0 N–H and O–H groups in total. The van der Waals surface area contributed by atoms with Crippen molar-refractivity contribution >= 4 is 0 Å². The van der Waals surface area contributed by atoms with E-state index in [-0.39, 0.29) is 0 Å². The summed E-state index contributed by atoms with van der Waals surface area (Å²) in [6.07, 6.45) is 0.596. The highest BCUT2D eigenvalue weighted by Gasteiger charge is 2.22. The number of benzene rings is 2. The molecule has 150 valence electrons. The minimum Gasteiger partial charge on any atom is -0.491 e. The fourth-order valence-electron chi connectivity index (χ4n) is 2.68. The van der Waals surface area contributed by atoms with Crippen molar-refractivity contribution in [3.8, 4) is 22.6 Å². The number of rotatable bonds is 13. The van der Waals surface area contributed by atoms with Crippen LogP contribution >= 0.6 is 0 Å². The van der Waals surface area contributed by atoms with Gasteiger partial charge < -0.3 is 28.4 Å². The van der Waals surface area contributed by atoms with Gasteiger partial charge in [-0.05, 0) is 35.4 Å². The highest BCUT2D eigenvalue weighted by molar-refractivity contribution is 5.64. The van der Waals surface area contributed by atoms with Gasteiger partial charge in [0.25, 0.3) is 0 Å². The van der Waals surface area contributed by atoms with Crippen molar-refractivity contribution in [3.05, 3.63) is 48.5 Å². The quantitative estimate of drug-likeness (QED) is 0.390. The van der Waals surface area contributed by atoms with Crippen LogP contribution in [0.2, 0.25) is 0 Å². The number of ether oxygens (including phenoxy) is 6. The molecule has 2 aliphatic rings. The molecule has 0 aromatic heterocycles. The molecule has 0 bridgehead atoms. The molecule has 2 aromatic rings. The van der Waals surface area contributed by atoms with E-state index in [4.69, 9.17) is 28.4 Å². The summed E-state index contributed by atoms with van der Waals surface area (Å²) in [5.74, 6) is 1.68. The van der Waals surface area contributed by atoms with Crippen molar-refractivity contribution in [3.63, 3.8) is 0 Å². The molecule has 0 saturated carbocycles. The first kappa shape index (κ1) is 19.2. The third-order valence-corrected chi connectivity index (χ3v) is 4.45. The van der Waals surface area contributed by atoms with Crippen molar-refractivity contribution in [2.75, 3.05) is 52.9 Å². The Morgan fingerprint density at radius 3 is 1.36 bits per heavy atom. The zero-order valence-electron chi connectivity index (χ0n) is 15.9. The van der Waals surface area contributed by atoms with E-state index in [0.717, 1.165) is 35.8 Å². The smallest absolute Gasteiger partial charge is 0.119 e. The Hall–Kier alpha value is -2.12. The van der Waals surface area contributed by atoms with Gasteiger partial charge in [-0.3, -0.25) is 0 Å². The minimum absolute atomic E-state index is 0.298. The van der Waals surface area contributed by atoms with Crippen LogP contribution in [0.3, 0.4) is 0 Å². The Morgan fingerprint density at radius 1 is 0.607 bits per heavy atom. The molecular weight excluding hydrogens is 360 g/mol. The Bertz CT molecular complexity index is 643. The molecule has 2 fully saturated rings. The summed E-state index contributed by atoms with van der Waals surface area (Å²) < 4.78 is 32.5. The lowest BCUT2D eigenvalue weighted by molar-refractivity contribution is 0.0878. The van der Waals surface area contributed by atoms with E-state index in [1.165, 1.54) is 0 Å². The van der Waals surface area contributed by atoms with Crippen molar-refractivity contribution in [1.29, 1.82) is 0 Å². The highest BCUT2D eigenvalue weighted by atomic mass is 16.6. The van der Waals surface area contributed by atoms with Crippen LogP contribution in [0.4, 0.5) is 0 Å². The summed E-state index contributed by atoms with van der Waals surface area (Å²) >= 11 is 0. The maximum atomic E-state index is 5.70. The molecule has 2 unspecified atom stereocenters. The van der Waals surface area contributed by atoms with Gasteiger partial charge in [0.2, 0.25) is 0 Å². The molecule has 0 spiro atoms. The lowest BCUT2D eigenvalue weighted by atomic mass is 10.1. The lowest BCUT2D eigenvalue weighted by Gasteiger charge is -2.09. The average molecular weight is 386 g/mol. The first-order valence-electron chi connectivity index (χ1n) is 9.71. The van der Waals surface area contributed by atoms with Gasteiger partial charge in [0.15, 0.2) is 0 Å². The fourth-order valence-corrected chi connectivity index (χ4v) is 2.68. The second kappa shape index (κ2) is 9.89. The highest BCUT2D eigenvalue weighted by Crippen LogP contribution is 2.24. The van der Waals surface area contributed by atoms with Crippen LogP contribution in [-0.4, -0.2) is 65.1 Å². The van der Waals surface area contributed by atoms with Crippen molar-refractivity contribution in [2.24, 2.45) is 0 Å². The van der Waals surface area contributed by atoms with Crippen LogP contribution in [0.5, 0.6) is 11.5 Å². The van der Waals surface area contributed by atoms with Crippen molar-refractivity contribution < 1.29 is 28.4 Å². The van der Waals surface area contributed by atoms with Gasteiger partial charge in [-0.1, -0.05) is 24.3 Å². The van der Waals surface area contributed by atoms with E-state index in [1.807, 2.05) is 24.3 Å². The topological polar surface area (TPSA) is 62.0 Å². The standard InChI is InChI=1S/C22H26O6/c1-5-19(25-11-9-23-13-21-15-27-21)6-2-17(1)18-3-7-20(8-4-18)26-12-10-24-14-22-16-28-22/h1-8,21-22H,9-16H2. The molecule has 2 saturated heterocycles. The van der Waals surface area contributed by atoms with Crippen LogP contribution in [0.1, 0.15) is 0 Å². The average Bonchev–Trinajstić information content (AvgIpc) is 3.64. The number of hydrogen-bond donors (Lipinski definition) is 0. The molecule has 0 aliphatic carbocycles. The van der Waals surface area contributed by atoms with Gasteiger partial charge in [0.1, 0.15) is 36.9 Å². The van der Waals surface area contributed by atoms with Gasteiger partial charge in [-0.25, -0.2) is 0 Å². The van der Waals surface area contributed by atoms with Crippen LogP contribution in [0.25, 0.3) is 11.1 Å². The van der Waals surface area contributed by atoms with Gasteiger partial charge in [0.05, 0.1) is 39.6 Å². The Balaban J connectivity index is 1.16. The van der Waals surface area contributed by atoms with E-state index >= 15 is 0 Å². The first-order chi connectivity index (χ1) is 13.9. The monoisotopic (exact) mass is 386 g/mol. The first-order valence-corrected chi connectivity index (χ1v) is 9.71. The molecular formula is C22H26O6. The summed E-state index contributed by atoms with van der Waals surface area (Å²) in [6.45, 7) is 5.17. The van der Waals surface area contributed by atoms with Crippen LogP contribution in [-0.2, 0) is 18.9 Å². The summed E-state index contributed by atoms with van der Waals surface area (Å²) in [5.41, 5.74) is 2.27. The molecule has 0 radical (unpaired) electrons. The van der Waals surface area contributed by atoms with Crippen LogP contribution in [0, 0.1) is 0 Å². The van der Waals surface area contributed by atoms with Gasteiger partial charge >= 0.3 is 0 Å². The van der Waals surface area contributed by atoms with Crippen molar-refractivity contribution in [2.45, 2.75) is 12.2 Å². The molecule has 2 aliphatic heterocycles. The Labute approximate surface area is 165 Å². The molecule has 2 heterocycles. The maximum Gasteiger partial charge on any atom is 0.119 e. The molecule has 28 heavy (non-hydrogen) atoms. The summed E-state index contributed by atoms with van der Waals surface area (Å²) in [5, 5.41) is 0. The second-order valence-corrected chi connectivity index (χ2v) is 6.81. The summed E-state index contributed by atoms with van der Waals surface area (Å²) in [6, 6.07) is 16.1. The summed E-state index contributed by atoms with van der Waals surface area (Å²) in [4.78, 5) is 0. The predicted octanol–water partition coefficient (Wildman–Crippen LogP) is 2.94. The van der Waals surface area contributed by atoms with Gasteiger partial charge in [-0.2, -0.15) is 0 Å². The number of hydrogen-bond acceptors (Lipinski definition) is 6. The largest absolute Gasteiger partial charge is 0.491 e. The van der Waals surface area contributed by atoms with Crippen molar-refractivity contribution in [1.82, 2.24) is 0 Å². The Morgan fingerprint density at radius 2 is 1.00 bits per heavy atom. The van der Waals surface area contributed by atoms with Crippen LogP contribution in [0.15, 0.2) is 48.5 Å². The third kappa shape index (κ3) is 6.49. The molecule has 2 aromatic carbocycles. The maximum absolute atomic E-state index is 5.70. The SMILES string of the molecule is c1cc(-c2ccc(OCCOCC3CO3)cc2)ccc1OCCOCC1CO1. The normalized spacial score (nSPS) is 20.0. The minimum atomic E-state index is 0.298. The lowest BCUT2D eigenvalue weighted by Crippen LogP contribution is -2.10. The summed E-state index contributed by atoms with van der Waals surface area (Å²) in [7, 11) is 0. The van der Waals surface area contributed by atoms with Crippen LogP contribution < -0.4 is 9.47 Å². The Kier molecular flexibility index (Phi) is 6.78. The van der Waals surface area contributed by atoms with E-state index < -0.39 is 0 Å². The molecule has 6 nitrogen and oxygen atoms in total. The molecule has 0 amide bonds. The second-order valence-electron chi connectivity index (χ2n) is 6.81.